The van der Waals surface area contributed by atoms with Crippen LogP contribution in [0.5, 0.6) is 0 Å². The molecule has 0 saturated heterocycles. The Hall–Kier alpha value is -1.20. The van der Waals surface area contributed by atoms with Gasteiger partial charge in [-0.2, -0.15) is 5.10 Å². The van der Waals surface area contributed by atoms with Crippen molar-refractivity contribution in [3.05, 3.63) is 52.0 Å². The Morgan fingerprint density at radius 2 is 2.19 bits per heavy atom. The van der Waals surface area contributed by atoms with Crippen LogP contribution in [0.25, 0.3) is 0 Å². The number of halogens is 2. The molecule has 1 aromatic heterocycles. The topological polar surface area (TPSA) is 40.7 Å². The molecule has 0 amide bonds. The van der Waals surface area contributed by atoms with Crippen molar-refractivity contribution in [1.29, 1.82) is 0 Å². The molecule has 84 valence electrons. The van der Waals surface area contributed by atoms with Crippen LogP contribution in [-0.2, 0) is 13.1 Å². The number of hydrogen-bond donors (Lipinski definition) is 2. The highest BCUT2D eigenvalue weighted by Crippen LogP contribution is 2.14. The quantitative estimate of drug-likeness (QED) is 0.906. The van der Waals surface area contributed by atoms with Crippen molar-refractivity contribution in [3.63, 3.8) is 0 Å². The maximum Gasteiger partial charge on any atom is 0.124 e. The zero-order valence-electron chi connectivity index (χ0n) is 8.50. The fourth-order valence-electron chi connectivity index (χ4n) is 1.44. The lowest BCUT2D eigenvalue weighted by molar-refractivity contribution is 0.618. The molecule has 0 fully saturated rings. The summed E-state index contributed by atoms with van der Waals surface area (Å²) in [5, 5.41) is 9.89. The number of aromatic nitrogens is 2. The first kappa shape index (κ1) is 11.3. The summed E-state index contributed by atoms with van der Waals surface area (Å²) in [7, 11) is 0. The maximum atomic E-state index is 13.1. The molecule has 3 nitrogen and oxygen atoms in total. The van der Waals surface area contributed by atoms with Gasteiger partial charge in [0, 0.05) is 29.5 Å². The van der Waals surface area contributed by atoms with E-state index in [0.717, 1.165) is 15.7 Å². The van der Waals surface area contributed by atoms with Crippen molar-refractivity contribution in [3.8, 4) is 0 Å². The zero-order valence-corrected chi connectivity index (χ0v) is 10.1. The van der Waals surface area contributed by atoms with E-state index >= 15 is 0 Å². The van der Waals surface area contributed by atoms with E-state index in [4.69, 9.17) is 0 Å². The van der Waals surface area contributed by atoms with Crippen LogP contribution in [0.3, 0.4) is 0 Å². The van der Waals surface area contributed by atoms with Gasteiger partial charge in [0.2, 0.25) is 0 Å². The molecule has 0 aliphatic carbocycles. The minimum absolute atomic E-state index is 0.229. The Labute approximate surface area is 101 Å². The lowest BCUT2D eigenvalue weighted by Gasteiger charge is -2.04. The molecule has 16 heavy (non-hydrogen) atoms. The number of nitrogens with zero attached hydrogens (tertiary/aromatic N) is 1. The van der Waals surface area contributed by atoms with Gasteiger partial charge < -0.3 is 5.32 Å². The molecule has 2 N–H and O–H groups in total. The average molecular weight is 284 g/mol. The summed E-state index contributed by atoms with van der Waals surface area (Å²) < 4.78 is 13.8. The van der Waals surface area contributed by atoms with E-state index < -0.39 is 0 Å². The predicted molar refractivity (Wildman–Crippen MR) is 63.2 cm³/mol. The lowest BCUT2D eigenvalue weighted by Crippen LogP contribution is -2.13. The predicted octanol–water partition coefficient (Wildman–Crippen LogP) is 2.60. The molecular weight excluding hydrogens is 273 g/mol. The third-order valence-corrected chi connectivity index (χ3v) is 2.58. The summed E-state index contributed by atoms with van der Waals surface area (Å²) in [5.74, 6) is -0.229. The van der Waals surface area contributed by atoms with Crippen LogP contribution < -0.4 is 5.32 Å². The van der Waals surface area contributed by atoms with Crippen molar-refractivity contribution in [2.24, 2.45) is 0 Å². The van der Waals surface area contributed by atoms with E-state index in [1.54, 1.807) is 6.20 Å². The molecule has 0 atom stereocenters. The molecule has 0 aliphatic heterocycles. The van der Waals surface area contributed by atoms with Crippen LogP contribution >= 0.6 is 15.9 Å². The van der Waals surface area contributed by atoms with Crippen LogP contribution in [-0.4, -0.2) is 10.2 Å². The monoisotopic (exact) mass is 283 g/mol. The smallest absolute Gasteiger partial charge is 0.124 e. The number of benzene rings is 1. The Morgan fingerprint density at radius 3 is 2.88 bits per heavy atom. The van der Waals surface area contributed by atoms with E-state index in [1.807, 2.05) is 12.1 Å². The maximum absolute atomic E-state index is 13.1. The fourth-order valence-corrected chi connectivity index (χ4v) is 1.95. The highest BCUT2D eigenvalue weighted by atomic mass is 79.9. The molecule has 0 aliphatic rings. The molecule has 5 heteroatoms. The van der Waals surface area contributed by atoms with Gasteiger partial charge in [-0.3, -0.25) is 5.10 Å². The van der Waals surface area contributed by atoms with Gasteiger partial charge in [-0.05, 0) is 29.8 Å². The summed E-state index contributed by atoms with van der Waals surface area (Å²) in [6.45, 7) is 1.31. The molecule has 0 bridgehead atoms. The first-order chi connectivity index (χ1) is 7.74. The van der Waals surface area contributed by atoms with Gasteiger partial charge in [-0.15, -0.1) is 0 Å². The van der Waals surface area contributed by atoms with E-state index in [-0.39, 0.29) is 5.82 Å². The summed E-state index contributed by atoms with van der Waals surface area (Å²) in [4.78, 5) is 0. The minimum Gasteiger partial charge on any atom is -0.307 e. The van der Waals surface area contributed by atoms with E-state index in [2.05, 4.69) is 31.4 Å². The molecule has 1 heterocycles. The van der Waals surface area contributed by atoms with Crippen LogP contribution in [0.2, 0.25) is 0 Å². The van der Waals surface area contributed by atoms with Crippen molar-refractivity contribution >= 4 is 15.9 Å². The fraction of sp³-hybridized carbons (Fsp3) is 0.182. The van der Waals surface area contributed by atoms with Crippen molar-refractivity contribution in [2.75, 3.05) is 0 Å². The summed E-state index contributed by atoms with van der Waals surface area (Å²) in [6.07, 6.45) is 1.70. The summed E-state index contributed by atoms with van der Waals surface area (Å²) >= 11 is 3.26. The first-order valence-corrected chi connectivity index (χ1v) is 5.67. The SMILES string of the molecule is Fc1cc(Br)cc(CNCc2ccn[nH]2)c1. The van der Waals surface area contributed by atoms with E-state index in [1.165, 1.54) is 12.1 Å². The third-order valence-electron chi connectivity index (χ3n) is 2.13. The molecular formula is C11H11BrFN3. The molecule has 2 rings (SSSR count). The van der Waals surface area contributed by atoms with Gasteiger partial charge in [-0.1, -0.05) is 15.9 Å². The molecule has 1 aromatic carbocycles. The number of rotatable bonds is 4. The van der Waals surface area contributed by atoms with Gasteiger partial charge >= 0.3 is 0 Å². The lowest BCUT2D eigenvalue weighted by atomic mass is 10.2. The normalized spacial score (nSPS) is 10.6. The van der Waals surface area contributed by atoms with Gasteiger partial charge in [0.25, 0.3) is 0 Å². The molecule has 0 spiro atoms. The molecule has 2 aromatic rings. The Bertz CT molecular complexity index is 436. The summed E-state index contributed by atoms with van der Waals surface area (Å²) in [6, 6.07) is 6.75. The van der Waals surface area contributed by atoms with E-state index in [9.17, 15) is 4.39 Å². The third kappa shape index (κ3) is 3.15. The highest BCUT2D eigenvalue weighted by molar-refractivity contribution is 9.10. The molecule has 0 radical (unpaired) electrons. The molecule has 0 saturated carbocycles. The largest absolute Gasteiger partial charge is 0.307 e. The van der Waals surface area contributed by atoms with Crippen molar-refractivity contribution in [1.82, 2.24) is 15.5 Å². The van der Waals surface area contributed by atoms with Crippen LogP contribution in [0, 0.1) is 5.82 Å². The second kappa shape index (κ2) is 5.23. The number of hydrogen-bond acceptors (Lipinski definition) is 2. The first-order valence-electron chi connectivity index (χ1n) is 4.88. The average Bonchev–Trinajstić information content (AvgIpc) is 2.69. The van der Waals surface area contributed by atoms with Crippen LogP contribution in [0.15, 0.2) is 34.9 Å². The second-order valence-electron chi connectivity index (χ2n) is 3.46. The molecule has 0 unspecified atom stereocenters. The Morgan fingerprint density at radius 1 is 1.31 bits per heavy atom. The van der Waals surface area contributed by atoms with Crippen molar-refractivity contribution < 1.29 is 4.39 Å². The second-order valence-corrected chi connectivity index (χ2v) is 4.38. The Kier molecular flexibility index (Phi) is 3.69. The van der Waals surface area contributed by atoms with Crippen molar-refractivity contribution in [2.45, 2.75) is 13.1 Å². The van der Waals surface area contributed by atoms with Gasteiger partial charge in [0.15, 0.2) is 0 Å². The summed E-state index contributed by atoms with van der Waals surface area (Å²) in [5.41, 5.74) is 1.92. The van der Waals surface area contributed by atoms with Gasteiger partial charge in [0.05, 0.1) is 0 Å². The standard InChI is InChI=1S/C11H11BrFN3/c12-9-3-8(4-10(13)5-9)6-14-7-11-1-2-15-16-11/h1-5,14H,6-7H2,(H,15,16). The minimum atomic E-state index is -0.229. The Balaban J connectivity index is 1.89. The van der Waals surface area contributed by atoms with Crippen LogP contribution in [0.1, 0.15) is 11.3 Å². The van der Waals surface area contributed by atoms with Gasteiger partial charge in [-0.25, -0.2) is 4.39 Å². The van der Waals surface area contributed by atoms with Gasteiger partial charge in [0.1, 0.15) is 5.82 Å². The van der Waals surface area contributed by atoms with E-state index in [0.29, 0.717) is 13.1 Å². The zero-order chi connectivity index (χ0) is 11.4. The number of nitrogens with one attached hydrogen (secondary N) is 2. The number of H-pyrrole nitrogens is 1. The highest BCUT2D eigenvalue weighted by Gasteiger charge is 1.99. The number of aromatic amines is 1. The van der Waals surface area contributed by atoms with Crippen LogP contribution in [0.4, 0.5) is 4.39 Å².